The van der Waals surface area contributed by atoms with Gasteiger partial charge in [0.25, 0.3) is 0 Å². The van der Waals surface area contributed by atoms with E-state index in [0.29, 0.717) is 52.0 Å². The first-order valence-corrected chi connectivity index (χ1v) is 14.7. The van der Waals surface area contributed by atoms with Crippen molar-refractivity contribution >= 4 is 56.1 Å². The summed E-state index contributed by atoms with van der Waals surface area (Å²) < 4.78 is 11.6. The fourth-order valence-electron chi connectivity index (χ4n) is 5.62. The standard InChI is InChI=1S/C34H27BrN2O6/c1-19(31(38)21-9-14-24(42-2)15-10-21)43-34(41)28-18-30(36-29-16-11-22(35)17-27(28)29)20-7-12-23(13-8-20)37-32(39)25-5-3-4-6-26(25)33(37)40/h3-4,7-19,25-26H,5-6H2,1-2H3. The minimum Gasteiger partial charge on any atom is -0.497 e. The zero-order chi connectivity index (χ0) is 30.2. The van der Waals surface area contributed by atoms with Gasteiger partial charge in [0.05, 0.1) is 41.4 Å². The zero-order valence-corrected chi connectivity index (χ0v) is 25.0. The van der Waals surface area contributed by atoms with E-state index >= 15 is 0 Å². The number of Topliss-reactive ketones (excluding diaryl/α,β-unsaturated/α-hetero) is 1. The van der Waals surface area contributed by atoms with Crippen LogP contribution in [0.15, 0.2) is 89.4 Å². The molecule has 3 aromatic carbocycles. The molecule has 3 atom stereocenters. The second kappa shape index (κ2) is 11.6. The van der Waals surface area contributed by atoms with Crippen molar-refractivity contribution in [2.24, 2.45) is 11.8 Å². The highest BCUT2D eigenvalue weighted by atomic mass is 79.9. The van der Waals surface area contributed by atoms with Gasteiger partial charge in [0, 0.05) is 21.0 Å². The van der Waals surface area contributed by atoms with Crippen molar-refractivity contribution in [2.75, 3.05) is 12.0 Å². The molecule has 0 radical (unpaired) electrons. The number of anilines is 1. The van der Waals surface area contributed by atoms with Crippen molar-refractivity contribution in [1.82, 2.24) is 4.98 Å². The smallest absolute Gasteiger partial charge is 0.339 e. The molecule has 0 N–H and O–H groups in total. The number of allylic oxidation sites excluding steroid dienone is 2. The van der Waals surface area contributed by atoms with E-state index in [1.807, 2.05) is 18.2 Å². The first-order chi connectivity index (χ1) is 20.7. The van der Waals surface area contributed by atoms with Crippen LogP contribution in [-0.4, -0.2) is 41.8 Å². The maximum Gasteiger partial charge on any atom is 0.339 e. The van der Waals surface area contributed by atoms with Crippen LogP contribution >= 0.6 is 15.9 Å². The molecule has 8 nitrogen and oxygen atoms in total. The maximum atomic E-state index is 13.5. The van der Waals surface area contributed by atoms with Crippen LogP contribution in [0.3, 0.4) is 0 Å². The predicted molar refractivity (Wildman–Crippen MR) is 165 cm³/mol. The third-order valence-corrected chi connectivity index (χ3v) is 8.44. The number of fused-ring (bicyclic) bond motifs is 2. The minimum absolute atomic E-state index is 0.176. The number of benzene rings is 3. The average molecular weight is 640 g/mol. The molecule has 2 amide bonds. The summed E-state index contributed by atoms with van der Waals surface area (Å²) in [6.45, 7) is 1.54. The average Bonchev–Trinajstić information content (AvgIpc) is 3.29. The van der Waals surface area contributed by atoms with Gasteiger partial charge in [-0.15, -0.1) is 0 Å². The van der Waals surface area contributed by atoms with Gasteiger partial charge in [-0.2, -0.15) is 0 Å². The lowest BCUT2D eigenvalue weighted by atomic mass is 9.85. The first-order valence-electron chi connectivity index (χ1n) is 13.9. The molecule has 0 saturated carbocycles. The fraction of sp³-hybridized carbons (Fsp3) is 0.206. The Morgan fingerprint density at radius 3 is 2.19 bits per heavy atom. The van der Waals surface area contributed by atoms with Crippen LogP contribution in [0.2, 0.25) is 0 Å². The van der Waals surface area contributed by atoms with Gasteiger partial charge in [-0.25, -0.2) is 9.78 Å². The Morgan fingerprint density at radius 2 is 1.56 bits per heavy atom. The first kappa shape index (κ1) is 28.5. The Hall–Kier alpha value is -4.63. The number of carbonyl (C=O) groups is 4. The molecule has 216 valence electrons. The van der Waals surface area contributed by atoms with E-state index in [1.54, 1.807) is 73.8 Å². The van der Waals surface area contributed by atoms with Crippen molar-refractivity contribution in [2.45, 2.75) is 25.9 Å². The third kappa shape index (κ3) is 5.36. The number of rotatable bonds is 7. The number of ketones is 1. The van der Waals surface area contributed by atoms with E-state index in [4.69, 9.17) is 14.5 Å². The summed E-state index contributed by atoms with van der Waals surface area (Å²) in [7, 11) is 1.54. The second-order valence-corrected chi connectivity index (χ2v) is 11.5. The maximum absolute atomic E-state index is 13.5. The number of carbonyl (C=O) groups excluding carboxylic acids is 4. The largest absolute Gasteiger partial charge is 0.497 e. The number of imide groups is 1. The van der Waals surface area contributed by atoms with Gasteiger partial charge < -0.3 is 9.47 Å². The Kier molecular flexibility index (Phi) is 7.66. The van der Waals surface area contributed by atoms with Crippen LogP contribution in [0.25, 0.3) is 22.2 Å². The van der Waals surface area contributed by atoms with Gasteiger partial charge >= 0.3 is 5.97 Å². The number of hydrogen-bond donors (Lipinski definition) is 0. The normalized spacial score (nSPS) is 18.4. The number of hydrogen-bond acceptors (Lipinski definition) is 7. The molecule has 0 spiro atoms. The minimum atomic E-state index is -1.03. The molecule has 43 heavy (non-hydrogen) atoms. The molecule has 6 rings (SSSR count). The number of amides is 2. The number of ether oxygens (including phenoxy) is 2. The predicted octanol–water partition coefficient (Wildman–Crippen LogP) is 6.56. The van der Waals surface area contributed by atoms with Crippen molar-refractivity contribution in [3.05, 3.63) is 101 Å². The van der Waals surface area contributed by atoms with Crippen molar-refractivity contribution in [1.29, 1.82) is 0 Å². The quantitative estimate of drug-likeness (QED) is 0.0978. The lowest BCUT2D eigenvalue weighted by Gasteiger charge is -2.16. The van der Waals surface area contributed by atoms with E-state index in [9.17, 15) is 19.2 Å². The molecule has 2 aliphatic rings. The van der Waals surface area contributed by atoms with Gasteiger partial charge in [-0.05, 0) is 80.4 Å². The highest BCUT2D eigenvalue weighted by Gasteiger charge is 2.47. The summed E-state index contributed by atoms with van der Waals surface area (Å²) in [5.41, 5.74) is 2.90. The van der Waals surface area contributed by atoms with E-state index in [0.717, 1.165) is 4.47 Å². The Morgan fingerprint density at radius 1 is 0.907 bits per heavy atom. The van der Waals surface area contributed by atoms with Crippen LogP contribution in [0.5, 0.6) is 5.75 Å². The molecule has 1 fully saturated rings. The van der Waals surface area contributed by atoms with Crippen molar-refractivity contribution in [3.63, 3.8) is 0 Å². The Labute approximate surface area is 256 Å². The van der Waals surface area contributed by atoms with E-state index < -0.39 is 12.1 Å². The molecule has 1 saturated heterocycles. The summed E-state index contributed by atoms with van der Waals surface area (Å²) in [6, 6.07) is 20.6. The molecule has 0 bridgehead atoms. The molecule has 3 unspecified atom stereocenters. The molecule has 1 aliphatic heterocycles. The lowest BCUT2D eigenvalue weighted by Crippen LogP contribution is -2.30. The summed E-state index contributed by atoms with van der Waals surface area (Å²) >= 11 is 3.46. The van der Waals surface area contributed by atoms with Gasteiger partial charge in [0.2, 0.25) is 17.6 Å². The molecule has 1 aromatic heterocycles. The van der Waals surface area contributed by atoms with Crippen LogP contribution in [0, 0.1) is 11.8 Å². The summed E-state index contributed by atoms with van der Waals surface area (Å²) in [5.74, 6) is -1.37. The number of pyridine rings is 1. The van der Waals surface area contributed by atoms with Crippen LogP contribution in [-0.2, 0) is 14.3 Å². The van der Waals surface area contributed by atoms with Crippen LogP contribution < -0.4 is 9.64 Å². The number of aromatic nitrogens is 1. The summed E-state index contributed by atoms with van der Waals surface area (Å²) in [6.07, 6.45) is 4.03. The SMILES string of the molecule is COc1ccc(C(=O)C(C)OC(=O)c2cc(-c3ccc(N4C(=O)C5CC=CCC5C4=O)cc3)nc3ccc(Br)cc23)cc1. The third-order valence-electron chi connectivity index (χ3n) is 7.95. The highest BCUT2D eigenvalue weighted by Crippen LogP contribution is 2.38. The Bertz CT molecular complexity index is 1770. The van der Waals surface area contributed by atoms with Gasteiger partial charge in [0.15, 0.2) is 6.10 Å². The fourth-order valence-corrected chi connectivity index (χ4v) is 5.98. The Balaban J connectivity index is 1.29. The molecule has 9 heteroatoms. The highest BCUT2D eigenvalue weighted by molar-refractivity contribution is 9.10. The molecule has 2 heterocycles. The lowest BCUT2D eigenvalue weighted by molar-refractivity contribution is -0.122. The zero-order valence-electron chi connectivity index (χ0n) is 23.5. The number of methoxy groups -OCH3 is 1. The number of nitrogens with zero attached hydrogens (tertiary/aromatic N) is 2. The van der Waals surface area contributed by atoms with Crippen LogP contribution in [0.4, 0.5) is 5.69 Å². The summed E-state index contributed by atoms with van der Waals surface area (Å²) in [4.78, 5) is 58.6. The topological polar surface area (TPSA) is 103 Å². The van der Waals surface area contributed by atoms with E-state index in [2.05, 4.69) is 15.9 Å². The second-order valence-electron chi connectivity index (χ2n) is 10.6. The molecule has 4 aromatic rings. The van der Waals surface area contributed by atoms with Crippen LogP contribution in [0.1, 0.15) is 40.5 Å². The molecular weight excluding hydrogens is 612 g/mol. The van der Waals surface area contributed by atoms with Gasteiger partial charge in [-0.3, -0.25) is 19.3 Å². The van der Waals surface area contributed by atoms with Crippen molar-refractivity contribution < 1.29 is 28.7 Å². The van der Waals surface area contributed by atoms with E-state index in [1.165, 1.54) is 11.8 Å². The number of halogens is 1. The van der Waals surface area contributed by atoms with Gasteiger partial charge in [-0.1, -0.05) is 40.2 Å². The number of esters is 1. The molecule has 1 aliphatic carbocycles. The van der Waals surface area contributed by atoms with Crippen molar-refractivity contribution in [3.8, 4) is 17.0 Å². The monoisotopic (exact) mass is 638 g/mol. The molecular formula is C34H27BrN2O6. The van der Waals surface area contributed by atoms with E-state index in [-0.39, 0.29) is 35.0 Å². The summed E-state index contributed by atoms with van der Waals surface area (Å²) in [5, 5.41) is 0.563. The van der Waals surface area contributed by atoms with Gasteiger partial charge in [0.1, 0.15) is 5.75 Å².